The standard InChI is InChI=1S/C11H19N3O2/c1-7(2)8(12)9-13-10(14-16-9)11(15-3)5-4-6-11/h7-8H,4-6,12H2,1-3H3/t8-/m1/s1. The van der Waals surface area contributed by atoms with Gasteiger partial charge in [0.25, 0.3) is 0 Å². The van der Waals surface area contributed by atoms with Gasteiger partial charge in [0.1, 0.15) is 5.60 Å². The topological polar surface area (TPSA) is 74.2 Å². The Balaban J connectivity index is 2.19. The first-order valence-corrected chi connectivity index (χ1v) is 5.74. The van der Waals surface area contributed by atoms with Crippen LogP contribution < -0.4 is 5.73 Å². The average molecular weight is 225 g/mol. The molecule has 90 valence electrons. The summed E-state index contributed by atoms with van der Waals surface area (Å²) >= 11 is 0. The van der Waals surface area contributed by atoms with Gasteiger partial charge in [0.15, 0.2) is 0 Å². The first-order chi connectivity index (χ1) is 7.59. The van der Waals surface area contributed by atoms with E-state index in [1.54, 1.807) is 7.11 Å². The molecular formula is C11H19N3O2. The van der Waals surface area contributed by atoms with Gasteiger partial charge in [-0.05, 0) is 25.2 Å². The molecule has 0 spiro atoms. The Kier molecular flexibility index (Phi) is 2.99. The number of aromatic nitrogens is 2. The predicted molar refractivity (Wildman–Crippen MR) is 58.6 cm³/mol. The zero-order valence-electron chi connectivity index (χ0n) is 10.1. The summed E-state index contributed by atoms with van der Waals surface area (Å²) in [5, 5.41) is 3.99. The third kappa shape index (κ3) is 1.74. The van der Waals surface area contributed by atoms with Crippen LogP contribution in [-0.4, -0.2) is 17.3 Å². The normalized spacial score (nSPS) is 20.8. The lowest BCUT2D eigenvalue weighted by Gasteiger charge is -2.37. The SMILES string of the molecule is COC1(c2noc([C@H](N)C(C)C)n2)CCC1. The highest BCUT2D eigenvalue weighted by molar-refractivity contribution is 5.07. The van der Waals surface area contributed by atoms with Crippen molar-refractivity contribution in [3.63, 3.8) is 0 Å². The molecule has 0 unspecified atom stereocenters. The molecule has 0 aromatic carbocycles. The molecule has 1 fully saturated rings. The van der Waals surface area contributed by atoms with E-state index in [1.165, 1.54) is 0 Å². The van der Waals surface area contributed by atoms with Gasteiger partial charge in [0.05, 0.1) is 6.04 Å². The molecule has 1 aromatic rings. The predicted octanol–water partition coefficient (Wildman–Crippen LogP) is 1.75. The molecule has 5 nitrogen and oxygen atoms in total. The molecule has 0 amide bonds. The number of methoxy groups -OCH3 is 1. The number of nitrogens with zero attached hydrogens (tertiary/aromatic N) is 2. The fourth-order valence-corrected chi connectivity index (χ4v) is 1.86. The second kappa shape index (κ2) is 4.14. The van der Waals surface area contributed by atoms with Crippen molar-refractivity contribution in [1.29, 1.82) is 0 Å². The van der Waals surface area contributed by atoms with E-state index in [1.807, 2.05) is 13.8 Å². The van der Waals surface area contributed by atoms with Crippen LogP contribution in [0.3, 0.4) is 0 Å². The van der Waals surface area contributed by atoms with E-state index in [4.69, 9.17) is 15.0 Å². The quantitative estimate of drug-likeness (QED) is 0.845. The summed E-state index contributed by atoms with van der Waals surface area (Å²) in [7, 11) is 1.69. The highest BCUT2D eigenvalue weighted by Gasteiger charge is 2.43. The fraction of sp³-hybridized carbons (Fsp3) is 0.818. The molecule has 2 N–H and O–H groups in total. The Morgan fingerprint density at radius 3 is 2.56 bits per heavy atom. The van der Waals surface area contributed by atoms with Gasteiger partial charge in [0, 0.05) is 7.11 Å². The van der Waals surface area contributed by atoms with Gasteiger partial charge >= 0.3 is 0 Å². The van der Waals surface area contributed by atoms with E-state index in [9.17, 15) is 0 Å². The summed E-state index contributed by atoms with van der Waals surface area (Å²) in [5.74, 6) is 1.44. The second-order valence-corrected chi connectivity index (χ2v) is 4.78. The van der Waals surface area contributed by atoms with Gasteiger partial charge in [-0.3, -0.25) is 0 Å². The minimum absolute atomic E-state index is 0.199. The third-order valence-corrected chi connectivity index (χ3v) is 3.40. The Labute approximate surface area is 95.3 Å². The first kappa shape index (κ1) is 11.5. The number of hydrogen-bond acceptors (Lipinski definition) is 5. The lowest BCUT2D eigenvalue weighted by Crippen LogP contribution is -2.37. The first-order valence-electron chi connectivity index (χ1n) is 5.74. The summed E-state index contributed by atoms with van der Waals surface area (Å²) in [6.07, 6.45) is 3.06. The molecule has 1 aliphatic carbocycles. The van der Waals surface area contributed by atoms with Gasteiger partial charge in [-0.25, -0.2) is 0 Å². The van der Waals surface area contributed by atoms with Crippen LogP contribution in [0.5, 0.6) is 0 Å². The Hall–Kier alpha value is -0.940. The summed E-state index contributed by atoms with van der Waals surface area (Å²) in [5.41, 5.74) is 5.64. The van der Waals surface area contributed by atoms with E-state index in [-0.39, 0.29) is 17.6 Å². The summed E-state index contributed by atoms with van der Waals surface area (Å²) < 4.78 is 10.7. The molecule has 16 heavy (non-hydrogen) atoms. The summed E-state index contributed by atoms with van der Waals surface area (Å²) in [4.78, 5) is 4.37. The van der Waals surface area contributed by atoms with Crippen LogP contribution in [0.25, 0.3) is 0 Å². The van der Waals surface area contributed by atoms with Crippen LogP contribution in [0.1, 0.15) is 50.9 Å². The average Bonchev–Trinajstić information content (AvgIpc) is 2.65. The molecule has 1 heterocycles. The number of rotatable bonds is 4. The fourth-order valence-electron chi connectivity index (χ4n) is 1.86. The third-order valence-electron chi connectivity index (χ3n) is 3.40. The van der Waals surface area contributed by atoms with Crippen LogP contribution in [0.2, 0.25) is 0 Å². The monoisotopic (exact) mass is 225 g/mol. The van der Waals surface area contributed by atoms with Crippen LogP contribution in [0.15, 0.2) is 4.52 Å². The number of nitrogens with two attached hydrogens (primary N) is 1. The van der Waals surface area contributed by atoms with E-state index in [2.05, 4.69) is 10.1 Å². The van der Waals surface area contributed by atoms with Gasteiger partial charge in [-0.1, -0.05) is 19.0 Å². The molecule has 1 aromatic heterocycles. The zero-order chi connectivity index (χ0) is 11.8. The van der Waals surface area contributed by atoms with Crippen molar-refractivity contribution in [2.24, 2.45) is 11.7 Å². The Bertz CT molecular complexity index is 352. The maximum atomic E-state index is 5.96. The smallest absolute Gasteiger partial charge is 0.243 e. The van der Waals surface area contributed by atoms with E-state index < -0.39 is 0 Å². The molecule has 1 aliphatic rings. The van der Waals surface area contributed by atoms with Gasteiger partial charge in [0.2, 0.25) is 11.7 Å². The highest BCUT2D eigenvalue weighted by Crippen LogP contribution is 2.42. The van der Waals surface area contributed by atoms with Gasteiger partial charge < -0.3 is 15.0 Å². The second-order valence-electron chi connectivity index (χ2n) is 4.78. The molecule has 0 bridgehead atoms. The molecule has 0 radical (unpaired) electrons. The zero-order valence-corrected chi connectivity index (χ0v) is 10.1. The largest absolute Gasteiger partial charge is 0.370 e. The number of hydrogen-bond donors (Lipinski definition) is 1. The molecular weight excluding hydrogens is 206 g/mol. The maximum absolute atomic E-state index is 5.96. The highest BCUT2D eigenvalue weighted by atomic mass is 16.5. The van der Waals surface area contributed by atoms with E-state index in [0.717, 1.165) is 19.3 Å². The molecule has 1 atom stereocenters. The minimum atomic E-state index is -0.321. The van der Waals surface area contributed by atoms with Crippen molar-refractivity contribution in [2.75, 3.05) is 7.11 Å². The van der Waals surface area contributed by atoms with Gasteiger partial charge in [-0.2, -0.15) is 4.98 Å². The van der Waals surface area contributed by atoms with Crippen molar-refractivity contribution in [1.82, 2.24) is 10.1 Å². The molecule has 5 heteroatoms. The van der Waals surface area contributed by atoms with Crippen molar-refractivity contribution in [3.8, 4) is 0 Å². The lowest BCUT2D eigenvalue weighted by atomic mass is 9.79. The Morgan fingerprint density at radius 2 is 2.12 bits per heavy atom. The maximum Gasteiger partial charge on any atom is 0.243 e. The lowest BCUT2D eigenvalue weighted by molar-refractivity contribution is -0.0858. The van der Waals surface area contributed by atoms with Crippen molar-refractivity contribution in [2.45, 2.75) is 44.8 Å². The molecule has 1 saturated carbocycles. The molecule has 2 rings (SSSR count). The van der Waals surface area contributed by atoms with Crippen LogP contribution >= 0.6 is 0 Å². The van der Waals surface area contributed by atoms with Crippen LogP contribution in [-0.2, 0) is 10.3 Å². The Morgan fingerprint density at radius 1 is 1.44 bits per heavy atom. The van der Waals surface area contributed by atoms with Crippen molar-refractivity contribution < 1.29 is 9.26 Å². The molecule has 0 aliphatic heterocycles. The summed E-state index contributed by atoms with van der Waals surface area (Å²) in [6, 6.07) is -0.199. The minimum Gasteiger partial charge on any atom is -0.370 e. The van der Waals surface area contributed by atoms with Crippen molar-refractivity contribution in [3.05, 3.63) is 11.7 Å². The molecule has 0 saturated heterocycles. The summed E-state index contributed by atoms with van der Waals surface area (Å²) in [6.45, 7) is 4.06. The van der Waals surface area contributed by atoms with Gasteiger partial charge in [-0.15, -0.1) is 0 Å². The van der Waals surface area contributed by atoms with E-state index >= 15 is 0 Å². The number of ether oxygens (including phenoxy) is 1. The van der Waals surface area contributed by atoms with Crippen molar-refractivity contribution >= 4 is 0 Å². The van der Waals surface area contributed by atoms with E-state index in [0.29, 0.717) is 11.7 Å². The van der Waals surface area contributed by atoms with Crippen LogP contribution in [0.4, 0.5) is 0 Å². The van der Waals surface area contributed by atoms with Crippen LogP contribution in [0, 0.1) is 5.92 Å².